The summed E-state index contributed by atoms with van der Waals surface area (Å²) in [6, 6.07) is 17.4. The van der Waals surface area contributed by atoms with E-state index in [2.05, 4.69) is 37.2 Å². The minimum absolute atomic E-state index is 0.153. The first kappa shape index (κ1) is 22.6. The number of hydrogen-bond donors (Lipinski definition) is 1. The zero-order valence-electron chi connectivity index (χ0n) is 15.7. The molecule has 4 rings (SSSR count). The molecule has 158 valence electrons. The number of thioether (sulfide) groups is 1. The monoisotopic (exact) mass is 597 g/mol. The van der Waals surface area contributed by atoms with Crippen LogP contribution in [0.4, 0.5) is 5.69 Å². The quantitative estimate of drug-likeness (QED) is 0.331. The molecule has 0 unspecified atom stereocenters. The standard InChI is InChI=1S/C22H14Br2ClNO3S2/c23-17-2-1-3-18(24)16(17)12-31(28,29)15-8-9-20-19(11-15)26-22(27)21(30-20)10-13-4-6-14(25)7-5-13/h1-11H,12H2,(H,26,27). The molecule has 4 nitrogen and oxygen atoms in total. The second-order valence-electron chi connectivity index (χ2n) is 6.73. The van der Waals surface area contributed by atoms with Gasteiger partial charge >= 0.3 is 0 Å². The number of sulfone groups is 1. The molecule has 1 amide bonds. The Kier molecular flexibility index (Phi) is 6.65. The van der Waals surface area contributed by atoms with Gasteiger partial charge in [-0.2, -0.15) is 0 Å². The molecule has 1 aliphatic heterocycles. The molecule has 9 heteroatoms. The number of carbonyl (C=O) groups excluding carboxylic acids is 1. The van der Waals surface area contributed by atoms with Crippen LogP contribution < -0.4 is 5.32 Å². The number of anilines is 1. The third-order valence-corrected chi connectivity index (χ3v) is 9.04. The predicted octanol–water partition coefficient (Wildman–Crippen LogP) is 6.92. The lowest BCUT2D eigenvalue weighted by molar-refractivity contribution is -0.112. The SMILES string of the molecule is O=C1Nc2cc(S(=O)(=O)Cc3c(Br)cccc3Br)ccc2SC1=Cc1ccc(Cl)cc1. The van der Waals surface area contributed by atoms with Crippen LogP contribution in [0.5, 0.6) is 0 Å². The molecule has 0 fully saturated rings. The molecule has 0 aromatic heterocycles. The van der Waals surface area contributed by atoms with Gasteiger partial charge < -0.3 is 5.32 Å². The highest BCUT2D eigenvalue weighted by Gasteiger charge is 2.25. The summed E-state index contributed by atoms with van der Waals surface area (Å²) in [6.07, 6.45) is 1.77. The lowest BCUT2D eigenvalue weighted by Crippen LogP contribution is -2.18. The third-order valence-electron chi connectivity index (χ3n) is 4.57. The van der Waals surface area contributed by atoms with Crippen molar-refractivity contribution in [3.63, 3.8) is 0 Å². The van der Waals surface area contributed by atoms with Gasteiger partial charge in [0.25, 0.3) is 5.91 Å². The first-order valence-corrected chi connectivity index (χ1v) is 13.4. The topological polar surface area (TPSA) is 63.2 Å². The van der Waals surface area contributed by atoms with Gasteiger partial charge in [-0.05, 0) is 59.7 Å². The van der Waals surface area contributed by atoms with E-state index in [-0.39, 0.29) is 16.6 Å². The Morgan fingerprint density at radius 2 is 1.68 bits per heavy atom. The van der Waals surface area contributed by atoms with Gasteiger partial charge in [0.05, 0.1) is 21.2 Å². The Hall–Kier alpha value is -1.58. The number of amides is 1. The van der Waals surface area contributed by atoms with E-state index in [9.17, 15) is 13.2 Å². The van der Waals surface area contributed by atoms with Crippen LogP contribution in [0.1, 0.15) is 11.1 Å². The molecule has 0 saturated carbocycles. The van der Waals surface area contributed by atoms with Crippen molar-refractivity contribution < 1.29 is 13.2 Å². The highest BCUT2D eigenvalue weighted by molar-refractivity contribution is 9.11. The first-order chi connectivity index (χ1) is 14.7. The maximum absolute atomic E-state index is 13.0. The van der Waals surface area contributed by atoms with E-state index in [0.717, 1.165) is 10.5 Å². The number of fused-ring (bicyclic) bond motifs is 1. The summed E-state index contributed by atoms with van der Waals surface area (Å²) >= 11 is 14.0. The van der Waals surface area contributed by atoms with Crippen LogP contribution in [-0.2, 0) is 20.4 Å². The van der Waals surface area contributed by atoms with Crippen molar-refractivity contribution in [1.82, 2.24) is 0 Å². The molecule has 31 heavy (non-hydrogen) atoms. The maximum Gasteiger partial charge on any atom is 0.262 e. The Labute approximate surface area is 206 Å². The predicted molar refractivity (Wildman–Crippen MR) is 133 cm³/mol. The van der Waals surface area contributed by atoms with E-state index >= 15 is 0 Å². The van der Waals surface area contributed by atoms with Crippen molar-refractivity contribution in [2.45, 2.75) is 15.5 Å². The van der Waals surface area contributed by atoms with E-state index in [1.165, 1.54) is 17.8 Å². The Balaban J connectivity index is 1.62. The Morgan fingerprint density at radius 1 is 1.00 bits per heavy atom. The fourth-order valence-corrected chi connectivity index (χ4v) is 7.13. The highest BCUT2D eigenvalue weighted by Crippen LogP contribution is 2.40. The smallest absolute Gasteiger partial charge is 0.262 e. The highest BCUT2D eigenvalue weighted by atomic mass is 79.9. The fraction of sp³-hybridized carbons (Fsp3) is 0.0455. The van der Waals surface area contributed by atoms with Gasteiger partial charge in [0, 0.05) is 18.9 Å². The van der Waals surface area contributed by atoms with Crippen LogP contribution in [-0.4, -0.2) is 14.3 Å². The van der Waals surface area contributed by atoms with E-state index in [1.54, 1.807) is 42.5 Å². The number of nitrogens with one attached hydrogen (secondary N) is 1. The van der Waals surface area contributed by atoms with Crippen molar-refractivity contribution in [1.29, 1.82) is 0 Å². The minimum Gasteiger partial charge on any atom is -0.320 e. The van der Waals surface area contributed by atoms with E-state index in [4.69, 9.17) is 11.6 Å². The third kappa shape index (κ3) is 5.09. The van der Waals surface area contributed by atoms with Crippen LogP contribution in [0, 0.1) is 0 Å². The molecule has 3 aromatic rings. The van der Waals surface area contributed by atoms with Crippen LogP contribution in [0.3, 0.4) is 0 Å². The second-order valence-corrected chi connectivity index (χ2v) is 12.0. The van der Waals surface area contributed by atoms with Crippen molar-refractivity contribution in [3.05, 3.63) is 90.7 Å². The Bertz CT molecular complexity index is 1300. The van der Waals surface area contributed by atoms with Gasteiger partial charge in [-0.25, -0.2) is 8.42 Å². The lowest BCUT2D eigenvalue weighted by Gasteiger charge is -2.19. The van der Waals surface area contributed by atoms with Crippen molar-refractivity contribution >= 4 is 82.7 Å². The Morgan fingerprint density at radius 3 is 2.35 bits per heavy atom. The zero-order valence-corrected chi connectivity index (χ0v) is 21.3. The van der Waals surface area contributed by atoms with E-state index in [1.807, 2.05) is 18.2 Å². The van der Waals surface area contributed by atoms with Gasteiger partial charge in [0.15, 0.2) is 9.84 Å². The van der Waals surface area contributed by atoms with Gasteiger partial charge in [-0.1, -0.05) is 73.4 Å². The molecule has 3 aromatic carbocycles. The molecule has 1 heterocycles. The number of hydrogen-bond acceptors (Lipinski definition) is 4. The number of carbonyl (C=O) groups is 1. The van der Waals surface area contributed by atoms with Gasteiger partial charge in [0.2, 0.25) is 0 Å². The average Bonchev–Trinajstić information content (AvgIpc) is 2.72. The first-order valence-electron chi connectivity index (χ1n) is 8.99. The van der Waals surface area contributed by atoms with Crippen molar-refractivity contribution in [2.24, 2.45) is 0 Å². The summed E-state index contributed by atoms with van der Waals surface area (Å²) < 4.78 is 27.5. The van der Waals surface area contributed by atoms with Crippen molar-refractivity contribution in [3.8, 4) is 0 Å². The normalized spacial score (nSPS) is 14.9. The molecule has 0 radical (unpaired) electrons. The molecule has 1 aliphatic rings. The lowest BCUT2D eigenvalue weighted by atomic mass is 10.2. The summed E-state index contributed by atoms with van der Waals surface area (Å²) in [5.74, 6) is -0.452. The van der Waals surface area contributed by atoms with Crippen LogP contribution >= 0.6 is 55.2 Å². The molecule has 1 N–H and O–H groups in total. The molecule has 0 bridgehead atoms. The molecule has 0 saturated heterocycles. The molecule has 0 spiro atoms. The van der Waals surface area contributed by atoms with E-state index < -0.39 is 9.84 Å². The molecular weight excluding hydrogens is 586 g/mol. The number of rotatable bonds is 4. The summed E-state index contributed by atoms with van der Waals surface area (Å²) in [5, 5.41) is 3.43. The van der Waals surface area contributed by atoms with Crippen molar-refractivity contribution in [2.75, 3.05) is 5.32 Å². The summed E-state index contributed by atoms with van der Waals surface area (Å²) in [5.41, 5.74) is 1.98. The van der Waals surface area contributed by atoms with Gasteiger partial charge in [-0.3, -0.25) is 4.79 Å². The summed E-state index contributed by atoms with van der Waals surface area (Å²) in [4.78, 5) is 14.0. The summed E-state index contributed by atoms with van der Waals surface area (Å²) in [7, 11) is -3.62. The van der Waals surface area contributed by atoms with E-state index in [0.29, 0.717) is 30.1 Å². The number of halogens is 3. The van der Waals surface area contributed by atoms with Crippen LogP contribution in [0.15, 0.2) is 84.3 Å². The zero-order chi connectivity index (χ0) is 22.2. The molecule has 0 atom stereocenters. The molecule has 0 aliphatic carbocycles. The van der Waals surface area contributed by atoms with Gasteiger partial charge in [0.1, 0.15) is 0 Å². The minimum atomic E-state index is -3.62. The number of benzene rings is 3. The van der Waals surface area contributed by atoms with Crippen LogP contribution in [0.2, 0.25) is 5.02 Å². The maximum atomic E-state index is 13.0. The largest absolute Gasteiger partial charge is 0.320 e. The van der Waals surface area contributed by atoms with Crippen LogP contribution in [0.25, 0.3) is 6.08 Å². The second kappa shape index (κ2) is 9.11. The summed E-state index contributed by atoms with van der Waals surface area (Å²) in [6.45, 7) is 0. The average molecular weight is 600 g/mol. The van der Waals surface area contributed by atoms with Gasteiger partial charge in [-0.15, -0.1) is 0 Å². The molecular formula is C22H14Br2ClNO3S2. The fourth-order valence-electron chi connectivity index (χ4n) is 2.99.